The molecule has 0 aromatic heterocycles. The average molecular weight is 135 g/mol. The molecule has 0 spiro atoms. The fourth-order valence-electron chi connectivity index (χ4n) is 0.443. The SMILES string of the molecule is CCCN(C)S(C)=O. The minimum atomic E-state index is -0.777. The van der Waals surface area contributed by atoms with Crippen molar-refractivity contribution in [1.82, 2.24) is 4.31 Å². The summed E-state index contributed by atoms with van der Waals surface area (Å²) in [6.45, 7) is 2.99. The number of rotatable bonds is 3. The zero-order valence-corrected chi connectivity index (χ0v) is 6.49. The van der Waals surface area contributed by atoms with Crippen molar-refractivity contribution in [2.75, 3.05) is 19.8 Å². The van der Waals surface area contributed by atoms with Crippen molar-refractivity contribution >= 4 is 11.0 Å². The Morgan fingerprint density at radius 1 is 1.62 bits per heavy atom. The first-order chi connectivity index (χ1) is 3.68. The molecule has 0 aliphatic carbocycles. The maximum atomic E-state index is 10.6. The second kappa shape index (κ2) is 4.04. The van der Waals surface area contributed by atoms with Crippen molar-refractivity contribution in [3.8, 4) is 0 Å². The van der Waals surface area contributed by atoms with Crippen molar-refractivity contribution in [3.63, 3.8) is 0 Å². The lowest BCUT2D eigenvalue weighted by atomic mass is 10.5. The highest BCUT2D eigenvalue weighted by Gasteiger charge is 1.96. The smallest absolute Gasteiger partial charge is 0.0908 e. The first kappa shape index (κ1) is 8.11. The van der Waals surface area contributed by atoms with Crippen LogP contribution in [-0.2, 0) is 11.0 Å². The third-order valence-electron chi connectivity index (χ3n) is 0.977. The molecule has 0 saturated carbocycles. The third kappa shape index (κ3) is 3.16. The zero-order valence-electron chi connectivity index (χ0n) is 5.68. The summed E-state index contributed by atoms with van der Waals surface area (Å²) in [6.07, 6.45) is 2.76. The van der Waals surface area contributed by atoms with Crippen LogP contribution in [0.2, 0.25) is 0 Å². The lowest BCUT2D eigenvalue weighted by molar-refractivity contribution is 0.523. The largest absolute Gasteiger partial charge is 0.243 e. The minimum Gasteiger partial charge on any atom is -0.243 e. The van der Waals surface area contributed by atoms with Crippen LogP contribution in [0.15, 0.2) is 0 Å². The number of hydrogen-bond donors (Lipinski definition) is 0. The maximum Gasteiger partial charge on any atom is 0.0908 e. The highest BCUT2D eigenvalue weighted by Crippen LogP contribution is 1.87. The quantitative estimate of drug-likeness (QED) is 0.555. The normalized spacial score (nSPS) is 14.5. The van der Waals surface area contributed by atoms with Crippen LogP contribution in [0.25, 0.3) is 0 Å². The molecule has 0 aromatic rings. The standard InChI is InChI=1S/C5H13NOS/c1-4-5-6(2)8(3)7/h4-5H2,1-3H3. The highest BCUT2D eigenvalue weighted by atomic mass is 32.2. The van der Waals surface area contributed by atoms with Gasteiger partial charge < -0.3 is 0 Å². The Morgan fingerprint density at radius 2 is 2.12 bits per heavy atom. The summed E-state index contributed by atoms with van der Waals surface area (Å²) < 4.78 is 12.4. The zero-order chi connectivity index (χ0) is 6.57. The van der Waals surface area contributed by atoms with Crippen molar-refractivity contribution in [2.45, 2.75) is 13.3 Å². The van der Waals surface area contributed by atoms with E-state index in [1.807, 2.05) is 11.4 Å². The van der Waals surface area contributed by atoms with E-state index in [0.717, 1.165) is 13.0 Å². The van der Waals surface area contributed by atoms with E-state index in [4.69, 9.17) is 0 Å². The van der Waals surface area contributed by atoms with Gasteiger partial charge in [0, 0.05) is 12.8 Å². The number of nitrogens with zero attached hydrogens (tertiary/aromatic N) is 1. The monoisotopic (exact) mass is 135 g/mol. The molecule has 8 heavy (non-hydrogen) atoms. The second-order valence-electron chi connectivity index (χ2n) is 1.78. The molecule has 0 bridgehead atoms. The van der Waals surface area contributed by atoms with Crippen LogP contribution in [-0.4, -0.2) is 28.4 Å². The van der Waals surface area contributed by atoms with Gasteiger partial charge in [-0.2, -0.15) is 0 Å². The van der Waals surface area contributed by atoms with Crippen molar-refractivity contribution in [3.05, 3.63) is 0 Å². The van der Waals surface area contributed by atoms with E-state index < -0.39 is 11.0 Å². The topological polar surface area (TPSA) is 20.3 Å². The fraction of sp³-hybridized carbons (Fsp3) is 1.00. The molecule has 1 atom stereocenters. The average Bonchev–Trinajstić information content (AvgIpc) is 1.67. The Hall–Kier alpha value is 0.110. The first-order valence-corrected chi connectivity index (χ1v) is 4.24. The van der Waals surface area contributed by atoms with Crippen molar-refractivity contribution in [1.29, 1.82) is 0 Å². The van der Waals surface area contributed by atoms with Crippen LogP contribution in [0, 0.1) is 0 Å². The third-order valence-corrected chi connectivity index (χ3v) is 2.04. The molecule has 0 heterocycles. The summed E-state index contributed by atoms with van der Waals surface area (Å²) in [5.74, 6) is 0. The van der Waals surface area contributed by atoms with Crippen LogP contribution in [0.5, 0.6) is 0 Å². The fourth-order valence-corrected chi connectivity index (χ4v) is 0.883. The predicted molar refractivity (Wildman–Crippen MR) is 37.0 cm³/mol. The summed E-state index contributed by atoms with van der Waals surface area (Å²) in [5.41, 5.74) is 0. The van der Waals surface area contributed by atoms with Gasteiger partial charge in [-0.25, -0.2) is 8.51 Å². The molecule has 2 nitrogen and oxygen atoms in total. The van der Waals surface area contributed by atoms with Gasteiger partial charge in [0.15, 0.2) is 0 Å². The molecule has 1 unspecified atom stereocenters. The Balaban J connectivity index is 3.32. The summed E-state index contributed by atoms with van der Waals surface area (Å²) in [5, 5.41) is 0. The Labute approximate surface area is 53.5 Å². The van der Waals surface area contributed by atoms with Crippen LogP contribution < -0.4 is 0 Å². The van der Waals surface area contributed by atoms with E-state index in [2.05, 4.69) is 6.92 Å². The van der Waals surface area contributed by atoms with E-state index in [9.17, 15) is 4.21 Å². The second-order valence-corrected chi connectivity index (χ2v) is 3.25. The van der Waals surface area contributed by atoms with Gasteiger partial charge in [-0.15, -0.1) is 0 Å². The number of hydrogen-bond acceptors (Lipinski definition) is 1. The molecular weight excluding hydrogens is 122 g/mol. The molecule has 0 N–H and O–H groups in total. The molecule has 0 saturated heterocycles. The van der Waals surface area contributed by atoms with Crippen LogP contribution in [0.3, 0.4) is 0 Å². The Kier molecular flexibility index (Phi) is 4.09. The van der Waals surface area contributed by atoms with Crippen molar-refractivity contribution in [2.24, 2.45) is 0 Å². The molecule has 0 aromatic carbocycles. The molecule has 50 valence electrons. The van der Waals surface area contributed by atoms with Gasteiger partial charge in [-0.3, -0.25) is 0 Å². The van der Waals surface area contributed by atoms with E-state index in [0.29, 0.717) is 0 Å². The molecule has 0 radical (unpaired) electrons. The molecular formula is C5H13NOS. The summed E-state index contributed by atoms with van der Waals surface area (Å²) in [6, 6.07) is 0. The van der Waals surface area contributed by atoms with Gasteiger partial charge in [-0.1, -0.05) is 6.92 Å². The Bertz CT molecular complexity index is 84.5. The molecule has 0 rings (SSSR count). The maximum absolute atomic E-state index is 10.6. The van der Waals surface area contributed by atoms with E-state index in [1.54, 1.807) is 6.26 Å². The molecule has 0 aliphatic heterocycles. The van der Waals surface area contributed by atoms with Crippen LogP contribution in [0.4, 0.5) is 0 Å². The van der Waals surface area contributed by atoms with Gasteiger partial charge in [0.1, 0.15) is 0 Å². The molecule has 0 amide bonds. The summed E-state index contributed by atoms with van der Waals surface area (Å²) >= 11 is 0. The van der Waals surface area contributed by atoms with Gasteiger partial charge >= 0.3 is 0 Å². The Morgan fingerprint density at radius 3 is 2.25 bits per heavy atom. The van der Waals surface area contributed by atoms with Crippen LogP contribution in [0.1, 0.15) is 13.3 Å². The molecule has 3 heteroatoms. The highest BCUT2D eigenvalue weighted by molar-refractivity contribution is 7.81. The van der Waals surface area contributed by atoms with E-state index in [1.165, 1.54) is 0 Å². The summed E-state index contributed by atoms with van der Waals surface area (Å²) in [7, 11) is 1.08. The first-order valence-electron chi connectivity index (χ1n) is 2.73. The minimum absolute atomic E-state index is 0.777. The molecule has 0 aliphatic rings. The summed E-state index contributed by atoms with van der Waals surface area (Å²) in [4.78, 5) is 0. The van der Waals surface area contributed by atoms with Gasteiger partial charge in [-0.05, 0) is 13.5 Å². The van der Waals surface area contributed by atoms with Gasteiger partial charge in [0.25, 0.3) is 0 Å². The lowest BCUT2D eigenvalue weighted by Crippen LogP contribution is -2.20. The van der Waals surface area contributed by atoms with E-state index >= 15 is 0 Å². The molecule has 0 fully saturated rings. The predicted octanol–water partition coefficient (Wildman–Crippen LogP) is 0.622. The van der Waals surface area contributed by atoms with Gasteiger partial charge in [0.2, 0.25) is 0 Å². The van der Waals surface area contributed by atoms with Crippen molar-refractivity contribution < 1.29 is 4.21 Å². The van der Waals surface area contributed by atoms with Gasteiger partial charge in [0.05, 0.1) is 11.0 Å². The lowest BCUT2D eigenvalue weighted by Gasteiger charge is -2.09. The van der Waals surface area contributed by atoms with E-state index in [-0.39, 0.29) is 0 Å². The van der Waals surface area contributed by atoms with Crippen LogP contribution >= 0.6 is 0 Å².